The third kappa shape index (κ3) is 3.75. The van der Waals surface area contributed by atoms with E-state index in [0.717, 1.165) is 6.26 Å². The van der Waals surface area contributed by atoms with E-state index in [4.69, 9.17) is 11.6 Å². The summed E-state index contributed by atoms with van der Waals surface area (Å²) in [5.74, 6) is 0. The average molecular weight is 240 g/mol. The summed E-state index contributed by atoms with van der Waals surface area (Å²) in [5, 5.41) is 5.07. The van der Waals surface area contributed by atoms with Gasteiger partial charge in [0.2, 0.25) is 0 Å². The first-order chi connectivity index (χ1) is 5.99. The quantitative estimate of drug-likeness (QED) is 0.595. The molecule has 0 aliphatic carbocycles. The van der Waals surface area contributed by atoms with Gasteiger partial charge in [-0.15, -0.1) is 11.3 Å². The summed E-state index contributed by atoms with van der Waals surface area (Å²) < 4.78 is 25.2. The summed E-state index contributed by atoms with van der Waals surface area (Å²) in [6.07, 6.45) is 0.898. The predicted octanol–water partition coefficient (Wildman–Crippen LogP) is 1.62. The number of thiophene rings is 1. The van der Waals surface area contributed by atoms with E-state index in [0.29, 0.717) is 4.88 Å². The molecule has 1 aromatic heterocycles. The zero-order valence-corrected chi connectivity index (χ0v) is 8.99. The second-order valence-corrected chi connectivity index (χ2v) is 5.00. The van der Waals surface area contributed by atoms with Crippen LogP contribution in [0.5, 0.6) is 0 Å². The van der Waals surface area contributed by atoms with Crippen molar-refractivity contribution < 1.29 is 12.7 Å². The first kappa shape index (κ1) is 10.5. The molecule has 0 aliphatic heterocycles. The molecule has 4 nitrogen and oxygen atoms in total. The first-order valence-corrected chi connectivity index (χ1v) is 6.22. The lowest BCUT2D eigenvalue weighted by Gasteiger charge is -1.93. The van der Waals surface area contributed by atoms with Crippen LogP contribution >= 0.6 is 22.9 Å². The average Bonchev–Trinajstić information content (AvgIpc) is 2.50. The molecule has 0 atom stereocenters. The van der Waals surface area contributed by atoms with E-state index in [-0.39, 0.29) is 5.17 Å². The molecule has 72 valence electrons. The lowest BCUT2D eigenvalue weighted by Crippen LogP contribution is -1.99. The van der Waals surface area contributed by atoms with Crippen LogP contribution in [0.15, 0.2) is 22.7 Å². The zero-order valence-electron chi connectivity index (χ0n) is 6.60. The number of hydrogen-bond donors (Lipinski definition) is 0. The Morgan fingerprint density at radius 3 is 2.85 bits per heavy atom. The zero-order chi connectivity index (χ0) is 9.90. The summed E-state index contributed by atoms with van der Waals surface area (Å²) in [7, 11) is -3.58. The summed E-state index contributed by atoms with van der Waals surface area (Å²) >= 11 is 6.97. The number of hydrogen-bond acceptors (Lipinski definition) is 5. The van der Waals surface area contributed by atoms with Crippen molar-refractivity contribution in [1.82, 2.24) is 0 Å². The highest BCUT2D eigenvalue weighted by molar-refractivity contribution is 7.85. The first-order valence-electron chi connectivity index (χ1n) is 3.15. The Labute approximate surface area is 84.9 Å². The van der Waals surface area contributed by atoms with Crippen LogP contribution in [0, 0.1) is 0 Å². The van der Waals surface area contributed by atoms with Crippen molar-refractivity contribution in [3.05, 3.63) is 22.4 Å². The van der Waals surface area contributed by atoms with Gasteiger partial charge in [-0.05, 0) is 11.4 Å². The van der Waals surface area contributed by atoms with E-state index < -0.39 is 10.1 Å². The second-order valence-electron chi connectivity index (χ2n) is 2.14. The van der Waals surface area contributed by atoms with Crippen LogP contribution in [0.1, 0.15) is 4.88 Å². The summed E-state index contributed by atoms with van der Waals surface area (Å²) in [5.41, 5.74) is 0. The maximum Gasteiger partial charge on any atom is 0.325 e. The van der Waals surface area contributed by atoms with Crippen LogP contribution < -0.4 is 0 Å². The maximum atomic E-state index is 10.5. The minimum atomic E-state index is -3.58. The highest BCUT2D eigenvalue weighted by atomic mass is 35.5. The largest absolute Gasteiger partial charge is 0.325 e. The third-order valence-corrected chi connectivity index (χ3v) is 2.58. The lowest BCUT2D eigenvalue weighted by atomic mass is 10.5. The molecule has 0 amide bonds. The lowest BCUT2D eigenvalue weighted by molar-refractivity contribution is 0.344. The number of rotatable bonds is 3. The summed E-state index contributed by atoms with van der Waals surface area (Å²) in [6, 6.07) is 3.49. The molecule has 1 heterocycles. The van der Waals surface area contributed by atoms with Gasteiger partial charge in [-0.25, -0.2) is 0 Å². The van der Waals surface area contributed by atoms with Crippen molar-refractivity contribution in [2.45, 2.75) is 0 Å². The summed E-state index contributed by atoms with van der Waals surface area (Å²) in [4.78, 5) is 0.658. The van der Waals surface area contributed by atoms with Crippen molar-refractivity contribution in [3.63, 3.8) is 0 Å². The van der Waals surface area contributed by atoms with Crippen molar-refractivity contribution >= 4 is 38.2 Å². The Morgan fingerprint density at radius 1 is 1.69 bits per heavy atom. The molecular formula is C6H6ClNO3S2. The topological polar surface area (TPSA) is 55.7 Å². The molecular weight excluding hydrogens is 234 g/mol. The van der Waals surface area contributed by atoms with E-state index >= 15 is 0 Å². The fourth-order valence-electron chi connectivity index (χ4n) is 0.541. The fraction of sp³-hybridized carbons (Fsp3) is 0.167. The minimum absolute atomic E-state index is 0.0282. The van der Waals surface area contributed by atoms with E-state index in [2.05, 4.69) is 9.44 Å². The summed E-state index contributed by atoms with van der Waals surface area (Å²) in [6.45, 7) is 0. The van der Waals surface area contributed by atoms with Crippen LogP contribution in [0.3, 0.4) is 0 Å². The predicted molar refractivity (Wildman–Crippen MR) is 52.6 cm³/mol. The van der Waals surface area contributed by atoms with E-state index in [1.165, 1.54) is 11.3 Å². The molecule has 0 saturated carbocycles. The normalized spacial score (nSPS) is 12.9. The van der Waals surface area contributed by atoms with Crippen LogP contribution in [0.25, 0.3) is 0 Å². The molecule has 0 N–H and O–H groups in total. The highest BCUT2D eigenvalue weighted by Crippen LogP contribution is 2.12. The Bertz CT molecular complexity index is 396. The van der Waals surface area contributed by atoms with E-state index in [9.17, 15) is 8.42 Å². The van der Waals surface area contributed by atoms with Crippen molar-refractivity contribution in [1.29, 1.82) is 0 Å². The minimum Gasteiger partial charge on any atom is -0.267 e. The fourth-order valence-corrected chi connectivity index (χ4v) is 1.62. The van der Waals surface area contributed by atoms with Crippen LogP contribution in [-0.4, -0.2) is 19.8 Å². The van der Waals surface area contributed by atoms with Gasteiger partial charge in [0.05, 0.1) is 11.1 Å². The molecule has 0 radical (unpaired) electrons. The number of nitrogens with zero attached hydrogens (tertiary/aromatic N) is 1. The van der Waals surface area contributed by atoms with Crippen molar-refractivity contribution in [2.75, 3.05) is 6.26 Å². The second kappa shape index (κ2) is 4.08. The monoisotopic (exact) mass is 239 g/mol. The molecule has 1 rings (SSSR count). The Balaban J connectivity index is 2.74. The number of halogens is 1. The van der Waals surface area contributed by atoms with Crippen molar-refractivity contribution in [3.8, 4) is 0 Å². The molecule has 0 fully saturated rings. The Hall–Kier alpha value is -0.590. The molecule has 0 unspecified atom stereocenters. The standard InChI is InChI=1S/C6H6ClNO3S2/c1-13(9,10)11-8-6(7)5-3-2-4-12-5/h2-4H,1H3/b8-6-. The molecule has 1 aromatic rings. The molecule has 13 heavy (non-hydrogen) atoms. The van der Waals surface area contributed by atoms with Gasteiger partial charge < -0.3 is 0 Å². The SMILES string of the molecule is CS(=O)(=O)O/N=C(\Cl)c1cccs1. The molecule has 0 saturated heterocycles. The molecule has 0 spiro atoms. The third-order valence-electron chi connectivity index (χ3n) is 0.977. The van der Waals surface area contributed by atoms with Gasteiger partial charge in [0.1, 0.15) is 0 Å². The van der Waals surface area contributed by atoms with Crippen molar-refractivity contribution in [2.24, 2.45) is 5.16 Å². The van der Waals surface area contributed by atoms with Crippen LogP contribution in [0.2, 0.25) is 0 Å². The van der Waals surface area contributed by atoms with Gasteiger partial charge in [-0.1, -0.05) is 22.8 Å². The van der Waals surface area contributed by atoms with E-state index in [1.54, 1.807) is 17.5 Å². The molecule has 7 heteroatoms. The highest BCUT2D eigenvalue weighted by Gasteiger charge is 2.04. The Morgan fingerprint density at radius 2 is 2.38 bits per heavy atom. The van der Waals surface area contributed by atoms with Crippen LogP contribution in [-0.2, 0) is 14.4 Å². The van der Waals surface area contributed by atoms with Gasteiger partial charge in [0.15, 0.2) is 5.17 Å². The molecule has 0 bridgehead atoms. The van der Waals surface area contributed by atoms with Gasteiger partial charge >= 0.3 is 10.1 Å². The smallest absolute Gasteiger partial charge is 0.267 e. The Kier molecular flexibility index (Phi) is 3.29. The number of oxime groups is 1. The van der Waals surface area contributed by atoms with Gasteiger partial charge in [0, 0.05) is 0 Å². The molecule has 0 aliphatic rings. The van der Waals surface area contributed by atoms with Crippen LogP contribution in [0.4, 0.5) is 0 Å². The van der Waals surface area contributed by atoms with Gasteiger partial charge in [-0.3, -0.25) is 4.28 Å². The maximum absolute atomic E-state index is 10.5. The van der Waals surface area contributed by atoms with E-state index in [1.807, 2.05) is 0 Å². The van der Waals surface area contributed by atoms with Gasteiger partial charge in [-0.2, -0.15) is 8.42 Å². The molecule has 0 aromatic carbocycles. The van der Waals surface area contributed by atoms with Gasteiger partial charge in [0.25, 0.3) is 0 Å².